The first-order valence-electron chi connectivity index (χ1n) is 9.11. The second-order valence-corrected chi connectivity index (χ2v) is 7.20. The van der Waals surface area contributed by atoms with Crippen molar-refractivity contribution in [2.24, 2.45) is 0 Å². The number of hydrogen-bond donors (Lipinski definition) is 2. The Labute approximate surface area is 176 Å². The molecule has 4 aromatic rings. The number of halogens is 2. The Balaban J connectivity index is 0.00000205. The zero-order valence-electron chi connectivity index (χ0n) is 15.3. The lowest BCUT2D eigenvalue weighted by atomic mass is 9.94. The van der Waals surface area contributed by atoms with Gasteiger partial charge in [-0.05, 0) is 38.1 Å². The molecule has 0 amide bonds. The molecule has 0 saturated carbocycles. The van der Waals surface area contributed by atoms with E-state index in [2.05, 4.69) is 25.6 Å². The van der Waals surface area contributed by atoms with E-state index in [4.69, 9.17) is 16.0 Å². The van der Waals surface area contributed by atoms with Gasteiger partial charge in [-0.15, -0.1) is 22.6 Å². The summed E-state index contributed by atoms with van der Waals surface area (Å²) in [6.45, 7) is 1.86. The van der Waals surface area contributed by atoms with Gasteiger partial charge in [0.1, 0.15) is 11.2 Å². The van der Waals surface area contributed by atoms with Crippen molar-refractivity contribution >= 4 is 29.7 Å². The average Bonchev–Trinajstić information content (AvgIpc) is 3.35. The first-order valence-corrected chi connectivity index (χ1v) is 9.49. The van der Waals surface area contributed by atoms with Crippen LogP contribution in [0.25, 0.3) is 28.6 Å². The molecule has 0 radical (unpaired) electrons. The molecule has 29 heavy (non-hydrogen) atoms. The van der Waals surface area contributed by atoms with E-state index in [0.717, 1.165) is 31.6 Å². The number of H-pyrrole nitrogens is 1. The molecule has 4 heterocycles. The van der Waals surface area contributed by atoms with Crippen LogP contribution in [0.3, 0.4) is 0 Å². The molecule has 3 aromatic heterocycles. The third kappa shape index (κ3) is 3.55. The molecular formula is C19H18Cl2N6O2. The molecule has 8 nitrogen and oxygen atoms in total. The third-order valence-electron chi connectivity index (χ3n) is 5.05. The van der Waals surface area contributed by atoms with Crippen LogP contribution in [0.1, 0.15) is 24.5 Å². The molecule has 0 atom stereocenters. The minimum Gasteiger partial charge on any atom is -0.416 e. The van der Waals surface area contributed by atoms with E-state index in [9.17, 15) is 4.79 Å². The highest BCUT2D eigenvalue weighted by Gasteiger charge is 2.22. The molecule has 1 saturated heterocycles. The Morgan fingerprint density at radius 3 is 2.59 bits per heavy atom. The minimum atomic E-state index is -0.173. The Hall–Kier alpha value is -2.68. The van der Waals surface area contributed by atoms with Gasteiger partial charge in [-0.1, -0.05) is 23.7 Å². The number of aromatic nitrogens is 5. The van der Waals surface area contributed by atoms with Crippen LogP contribution in [0.15, 0.2) is 45.7 Å². The van der Waals surface area contributed by atoms with E-state index in [1.165, 1.54) is 0 Å². The lowest BCUT2D eigenvalue weighted by Gasteiger charge is -2.23. The zero-order chi connectivity index (χ0) is 19.1. The second kappa shape index (κ2) is 7.98. The number of fused-ring (bicyclic) bond motifs is 1. The maximum atomic E-state index is 12.3. The van der Waals surface area contributed by atoms with Crippen molar-refractivity contribution in [1.82, 2.24) is 30.1 Å². The molecule has 2 N–H and O–H groups in total. The average molecular weight is 433 g/mol. The van der Waals surface area contributed by atoms with E-state index in [1.54, 1.807) is 22.8 Å². The summed E-state index contributed by atoms with van der Waals surface area (Å²) in [5.74, 6) is 0.875. The summed E-state index contributed by atoms with van der Waals surface area (Å²) < 4.78 is 7.61. The standard InChI is InChI=1S/C19H17ClN6O2.ClH/c20-14-4-2-1-3-12(14)18-24-25-19(28-18)13-10-22-26-15(9-16(27)23-17(13)26)11-5-7-21-8-6-11;/h1-4,9-11,21H,5-8H2,(H,23,27);1H. The molecule has 5 rings (SSSR count). The Morgan fingerprint density at radius 2 is 1.83 bits per heavy atom. The third-order valence-corrected chi connectivity index (χ3v) is 5.38. The van der Waals surface area contributed by atoms with Crippen molar-refractivity contribution in [3.8, 4) is 22.9 Å². The number of benzene rings is 1. The van der Waals surface area contributed by atoms with Crippen molar-refractivity contribution in [3.63, 3.8) is 0 Å². The van der Waals surface area contributed by atoms with Gasteiger partial charge in [0.05, 0.1) is 22.5 Å². The van der Waals surface area contributed by atoms with Gasteiger partial charge in [0.2, 0.25) is 5.89 Å². The van der Waals surface area contributed by atoms with Gasteiger partial charge >= 0.3 is 0 Å². The lowest BCUT2D eigenvalue weighted by molar-refractivity contribution is 0.446. The monoisotopic (exact) mass is 432 g/mol. The van der Waals surface area contributed by atoms with Crippen molar-refractivity contribution < 1.29 is 4.42 Å². The van der Waals surface area contributed by atoms with E-state index in [1.807, 2.05) is 18.2 Å². The molecule has 1 fully saturated rings. The quantitative estimate of drug-likeness (QED) is 0.514. The Kier molecular flexibility index (Phi) is 5.40. The molecule has 1 aromatic carbocycles. The highest BCUT2D eigenvalue weighted by Crippen LogP contribution is 2.31. The molecule has 1 aliphatic rings. The zero-order valence-corrected chi connectivity index (χ0v) is 16.8. The topological polar surface area (TPSA) is 101 Å². The van der Waals surface area contributed by atoms with Crippen molar-refractivity contribution in [3.05, 3.63) is 57.6 Å². The van der Waals surface area contributed by atoms with Gasteiger partial charge in [0, 0.05) is 12.0 Å². The summed E-state index contributed by atoms with van der Waals surface area (Å²) in [6, 6.07) is 8.89. The molecular weight excluding hydrogens is 415 g/mol. The smallest absolute Gasteiger partial charge is 0.253 e. The Bertz CT molecular complexity index is 1210. The van der Waals surface area contributed by atoms with Crippen LogP contribution in [-0.4, -0.2) is 37.9 Å². The van der Waals surface area contributed by atoms with Crippen LogP contribution in [-0.2, 0) is 0 Å². The molecule has 0 bridgehead atoms. The summed E-state index contributed by atoms with van der Waals surface area (Å²) in [5, 5.41) is 16.6. The number of hydrogen-bond acceptors (Lipinski definition) is 6. The van der Waals surface area contributed by atoms with Crippen LogP contribution >= 0.6 is 24.0 Å². The predicted molar refractivity (Wildman–Crippen MR) is 112 cm³/mol. The van der Waals surface area contributed by atoms with Crippen LogP contribution in [0.5, 0.6) is 0 Å². The Morgan fingerprint density at radius 1 is 1.10 bits per heavy atom. The van der Waals surface area contributed by atoms with Gasteiger partial charge < -0.3 is 14.7 Å². The fourth-order valence-corrected chi connectivity index (χ4v) is 3.87. The van der Waals surface area contributed by atoms with Crippen LogP contribution in [0.4, 0.5) is 0 Å². The number of aromatic amines is 1. The van der Waals surface area contributed by atoms with Gasteiger partial charge in [-0.2, -0.15) is 5.10 Å². The first kappa shape index (κ1) is 19.6. The first-order chi connectivity index (χ1) is 13.7. The van der Waals surface area contributed by atoms with Crippen molar-refractivity contribution in [1.29, 1.82) is 0 Å². The molecule has 0 spiro atoms. The van der Waals surface area contributed by atoms with Crippen LogP contribution in [0, 0.1) is 0 Å². The largest absolute Gasteiger partial charge is 0.416 e. The maximum absolute atomic E-state index is 12.3. The molecule has 10 heteroatoms. The van der Waals surface area contributed by atoms with Gasteiger partial charge in [0.25, 0.3) is 11.4 Å². The summed E-state index contributed by atoms with van der Waals surface area (Å²) in [5.41, 5.74) is 2.52. The van der Waals surface area contributed by atoms with Crippen molar-refractivity contribution in [2.45, 2.75) is 18.8 Å². The second-order valence-electron chi connectivity index (χ2n) is 6.79. The SMILES string of the molecule is Cl.O=c1cc(C2CCNCC2)n2ncc(-c3nnc(-c4ccccc4Cl)o3)c2[nH]1. The predicted octanol–water partition coefficient (Wildman–Crippen LogP) is 3.28. The highest BCUT2D eigenvalue weighted by molar-refractivity contribution is 6.33. The number of piperidine rings is 1. The van der Waals surface area contributed by atoms with Gasteiger partial charge in [-0.25, -0.2) is 4.52 Å². The van der Waals surface area contributed by atoms with E-state index < -0.39 is 0 Å². The van der Waals surface area contributed by atoms with Crippen LogP contribution < -0.4 is 10.9 Å². The minimum absolute atomic E-state index is 0. The van der Waals surface area contributed by atoms with Crippen molar-refractivity contribution in [2.75, 3.05) is 13.1 Å². The summed E-state index contributed by atoms with van der Waals surface area (Å²) in [7, 11) is 0. The molecule has 0 aliphatic carbocycles. The fourth-order valence-electron chi connectivity index (χ4n) is 3.65. The van der Waals surface area contributed by atoms with Gasteiger partial charge in [0.15, 0.2) is 0 Å². The number of nitrogens with zero attached hydrogens (tertiary/aromatic N) is 4. The summed E-state index contributed by atoms with van der Waals surface area (Å²) in [6.07, 6.45) is 3.57. The summed E-state index contributed by atoms with van der Waals surface area (Å²) in [4.78, 5) is 15.2. The summed E-state index contributed by atoms with van der Waals surface area (Å²) >= 11 is 6.22. The molecule has 150 valence electrons. The van der Waals surface area contributed by atoms with E-state index in [-0.39, 0.29) is 29.8 Å². The van der Waals surface area contributed by atoms with E-state index in [0.29, 0.717) is 27.7 Å². The highest BCUT2D eigenvalue weighted by atomic mass is 35.5. The normalized spacial score (nSPS) is 14.8. The van der Waals surface area contributed by atoms with E-state index >= 15 is 0 Å². The number of rotatable bonds is 3. The number of nitrogens with one attached hydrogen (secondary N) is 2. The maximum Gasteiger partial charge on any atom is 0.253 e. The lowest BCUT2D eigenvalue weighted by Crippen LogP contribution is -2.28. The molecule has 0 unspecified atom stereocenters. The molecule has 1 aliphatic heterocycles. The fraction of sp³-hybridized carbons (Fsp3) is 0.263. The van der Waals surface area contributed by atoms with Gasteiger partial charge in [-0.3, -0.25) is 4.79 Å². The van der Waals surface area contributed by atoms with Crippen LogP contribution in [0.2, 0.25) is 5.02 Å².